The van der Waals surface area contributed by atoms with Crippen LogP contribution in [0.2, 0.25) is 5.02 Å². The van der Waals surface area contributed by atoms with Gasteiger partial charge >= 0.3 is 110 Å². The zero-order valence-corrected chi connectivity index (χ0v) is 11.6. The van der Waals surface area contributed by atoms with Crippen LogP contribution in [0.4, 0.5) is 0 Å². The predicted octanol–water partition coefficient (Wildman–Crippen LogP) is 4.22. The SMILES string of the molecule is Clc1c(-c2ccccc2)[te]c2ccccc12. The maximum absolute atomic E-state index is 6.46. The van der Waals surface area contributed by atoms with Crippen LogP contribution in [0.15, 0.2) is 54.6 Å². The first kappa shape index (κ1) is 10.4. The van der Waals surface area contributed by atoms with Gasteiger partial charge in [-0.2, -0.15) is 0 Å². The number of benzene rings is 2. The van der Waals surface area contributed by atoms with Crippen LogP contribution < -0.4 is 0 Å². The van der Waals surface area contributed by atoms with Gasteiger partial charge in [0.2, 0.25) is 0 Å². The van der Waals surface area contributed by atoms with Crippen molar-refractivity contribution in [3.05, 3.63) is 59.6 Å². The molecular weight excluding hydrogens is 331 g/mol. The fourth-order valence-corrected chi connectivity index (χ4v) is 5.64. The summed E-state index contributed by atoms with van der Waals surface area (Å²) in [6.45, 7) is 0. The third kappa shape index (κ3) is 1.70. The van der Waals surface area contributed by atoms with Crippen molar-refractivity contribution >= 4 is 40.8 Å². The van der Waals surface area contributed by atoms with E-state index in [4.69, 9.17) is 11.6 Å². The summed E-state index contributed by atoms with van der Waals surface area (Å²) in [5, 5.41) is 2.20. The summed E-state index contributed by atoms with van der Waals surface area (Å²) < 4.78 is 2.82. The zero-order valence-electron chi connectivity index (χ0n) is 8.48. The van der Waals surface area contributed by atoms with Crippen molar-refractivity contribution in [1.82, 2.24) is 0 Å². The molecule has 0 saturated heterocycles. The van der Waals surface area contributed by atoms with Gasteiger partial charge in [-0.05, 0) is 0 Å². The molecule has 0 bridgehead atoms. The van der Waals surface area contributed by atoms with Crippen LogP contribution in [0.3, 0.4) is 0 Å². The van der Waals surface area contributed by atoms with E-state index < -0.39 is 0 Å². The summed E-state index contributed by atoms with van der Waals surface area (Å²) in [6, 6.07) is 19.0. The normalized spacial score (nSPS) is 10.8. The van der Waals surface area contributed by atoms with Gasteiger partial charge in [-0.15, -0.1) is 0 Å². The molecule has 2 aromatic carbocycles. The Morgan fingerprint density at radius 2 is 1.50 bits per heavy atom. The van der Waals surface area contributed by atoms with Gasteiger partial charge in [0.15, 0.2) is 0 Å². The van der Waals surface area contributed by atoms with E-state index in [0.717, 1.165) is 5.02 Å². The molecule has 0 radical (unpaired) electrons. The standard InChI is InChI=1S/C14H9ClTe/c15-13-11-8-4-5-9-12(11)16-14(13)10-6-2-1-3-7-10/h1-9H. The van der Waals surface area contributed by atoms with Gasteiger partial charge in [-0.1, -0.05) is 0 Å². The number of fused-ring (bicyclic) bond motifs is 1. The van der Waals surface area contributed by atoms with Crippen molar-refractivity contribution in [2.45, 2.75) is 0 Å². The van der Waals surface area contributed by atoms with E-state index >= 15 is 0 Å². The molecule has 0 spiro atoms. The molecule has 1 heterocycles. The molecule has 0 aliphatic rings. The van der Waals surface area contributed by atoms with Gasteiger partial charge in [0.1, 0.15) is 0 Å². The van der Waals surface area contributed by atoms with Crippen LogP contribution in [-0.4, -0.2) is 20.4 Å². The molecule has 0 aliphatic heterocycles. The molecule has 0 fully saturated rings. The van der Waals surface area contributed by atoms with Gasteiger partial charge < -0.3 is 0 Å². The van der Waals surface area contributed by atoms with E-state index in [1.807, 2.05) is 6.07 Å². The minimum absolute atomic E-state index is 0.307. The fourth-order valence-electron chi connectivity index (χ4n) is 1.79. The van der Waals surface area contributed by atoms with E-state index in [-0.39, 0.29) is 20.4 Å². The number of halogens is 1. The fraction of sp³-hybridized carbons (Fsp3) is 0. The van der Waals surface area contributed by atoms with Crippen molar-refractivity contribution in [3.8, 4) is 9.14 Å². The first-order valence-electron chi connectivity index (χ1n) is 5.09. The Labute approximate surface area is 109 Å². The first-order valence-corrected chi connectivity index (χ1v) is 7.79. The van der Waals surface area contributed by atoms with E-state index in [0.29, 0.717) is 0 Å². The second kappa shape index (κ2) is 4.26. The summed E-state index contributed by atoms with van der Waals surface area (Å²) >= 11 is 6.15. The minimum atomic E-state index is -0.307. The molecule has 2 heteroatoms. The van der Waals surface area contributed by atoms with E-state index in [2.05, 4.69) is 48.5 Å². The topological polar surface area (TPSA) is 0 Å². The average molecular weight is 340 g/mol. The van der Waals surface area contributed by atoms with Crippen LogP contribution in [-0.2, 0) is 0 Å². The zero-order chi connectivity index (χ0) is 11.0. The van der Waals surface area contributed by atoms with Crippen molar-refractivity contribution < 1.29 is 0 Å². The maximum atomic E-state index is 6.46. The molecule has 0 aliphatic carbocycles. The van der Waals surface area contributed by atoms with Crippen molar-refractivity contribution in [1.29, 1.82) is 0 Å². The molecule has 3 aromatic rings. The Balaban J connectivity index is 2.29. The second-order valence-electron chi connectivity index (χ2n) is 3.61. The molecule has 16 heavy (non-hydrogen) atoms. The van der Waals surface area contributed by atoms with E-state index in [1.165, 1.54) is 17.9 Å². The molecule has 3 rings (SSSR count). The van der Waals surface area contributed by atoms with Gasteiger partial charge in [0.25, 0.3) is 0 Å². The van der Waals surface area contributed by atoms with E-state index in [9.17, 15) is 0 Å². The number of hydrogen-bond donors (Lipinski definition) is 0. The summed E-state index contributed by atoms with van der Waals surface area (Å²) in [6.07, 6.45) is 0. The Morgan fingerprint density at radius 3 is 2.25 bits per heavy atom. The molecular formula is C14H9ClTe. The Kier molecular flexibility index (Phi) is 2.77. The summed E-state index contributed by atoms with van der Waals surface area (Å²) in [4.78, 5) is 0. The molecule has 0 atom stereocenters. The predicted molar refractivity (Wildman–Crippen MR) is 71.3 cm³/mol. The molecule has 0 nitrogen and oxygen atoms in total. The second-order valence-corrected chi connectivity index (χ2v) is 6.99. The Bertz CT molecular complexity index is 626. The molecule has 0 unspecified atom stereocenters. The Hall–Kier alpha value is -0.740. The van der Waals surface area contributed by atoms with Crippen molar-refractivity contribution in [2.75, 3.05) is 0 Å². The van der Waals surface area contributed by atoms with Crippen molar-refractivity contribution in [3.63, 3.8) is 0 Å². The molecule has 0 amide bonds. The summed E-state index contributed by atoms with van der Waals surface area (Å²) in [7, 11) is 0. The van der Waals surface area contributed by atoms with Gasteiger partial charge in [0.05, 0.1) is 0 Å². The number of hydrogen-bond acceptors (Lipinski definition) is 0. The monoisotopic (exact) mass is 342 g/mol. The van der Waals surface area contributed by atoms with Crippen LogP contribution in [0.1, 0.15) is 0 Å². The van der Waals surface area contributed by atoms with Gasteiger partial charge in [-0.25, -0.2) is 0 Å². The van der Waals surface area contributed by atoms with Crippen molar-refractivity contribution in [2.24, 2.45) is 0 Å². The molecule has 0 saturated carbocycles. The molecule has 78 valence electrons. The molecule has 1 aromatic heterocycles. The van der Waals surface area contributed by atoms with Crippen LogP contribution >= 0.6 is 11.6 Å². The van der Waals surface area contributed by atoms with Crippen LogP contribution in [0.25, 0.3) is 17.9 Å². The average Bonchev–Trinajstić information content (AvgIpc) is 2.69. The van der Waals surface area contributed by atoms with E-state index in [1.54, 1.807) is 0 Å². The number of rotatable bonds is 1. The summed E-state index contributed by atoms with van der Waals surface area (Å²) in [5.74, 6) is 0. The quantitative estimate of drug-likeness (QED) is 0.582. The Morgan fingerprint density at radius 1 is 0.812 bits per heavy atom. The van der Waals surface area contributed by atoms with Crippen LogP contribution in [0.5, 0.6) is 0 Å². The van der Waals surface area contributed by atoms with Crippen LogP contribution in [0, 0.1) is 0 Å². The summed E-state index contributed by atoms with van der Waals surface area (Å²) in [5.41, 5.74) is 1.28. The van der Waals surface area contributed by atoms with Gasteiger partial charge in [-0.3, -0.25) is 0 Å². The first-order chi connectivity index (χ1) is 7.86. The molecule has 0 N–H and O–H groups in total. The third-order valence-corrected chi connectivity index (χ3v) is 6.80. The third-order valence-electron chi connectivity index (χ3n) is 2.57. The van der Waals surface area contributed by atoms with Gasteiger partial charge in [0, 0.05) is 0 Å².